The van der Waals surface area contributed by atoms with Crippen LogP contribution in [0.2, 0.25) is 0 Å². The fourth-order valence-electron chi connectivity index (χ4n) is 2.43. The zero-order valence-corrected chi connectivity index (χ0v) is 14.8. The van der Waals surface area contributed by atoms with Crippen LogP contribution < -0.4 is 4.80 Å². The zero-order valence-electron chi connectivity index (χ0n) is 14.0. The highest BCUT2D eigenvalue weighted by atomic mass is 32.1. The molecule has 3 rings (SSSR count). The molecule has 5 nitrogen and oxygen atoms in total. The van der Waals surface area contributed by atoms with E-state index >= 15 is 0 Å². The number of carbonyl (C=O) groups excluding carboxylic acids is 2. The maximum absolute atomic E-state index is 13.7. The smallest absolute Gasteiger partial charge is 0.338 e. The maximum atomic E-state index is 13.7. The van der Waals surface area contributed by atoms with Crippen LogP contribution in [0.5, 0.6) is 0 Å². The van der Waals surface area contributed by atoms with Crippen LogP contribution in [0.1, 0.15) is 27.6 Å². The molecule has 0 bridgehead atoms. The topological polar surface area (TPSA) is 60.7 Å². The van der Waals surface area contributed by atoms with Crippen LogP contribution in [-0.2, 0) is 11.8 Å². The lowest BCUT2D eigenvalue weighted by Gasteiger charge is -2.01. The van der Waals surface area contributed by atoms with E-state index in [-0.39, 0.29) is 11.4 Å². The number of hydrogen-bond acceptors (Lipinski definition) is 4. The molecule has 2 aromatic carbocycles. The number of aromatic nitrogens is 1. The molecule has 0 spiro atoms. The van der Waals surface area contributed by atoms with E-state index in [1.807, 2.05) is 0 Å². The second kappa shape index (κ2) is 7.17. The summed E-state index contributed by atoms with van der Waals surface area (Å²) < 4.78 is 34.8. The van der Waals surface area contributed by atoms with E-state index in [0.29, 0.717) is 10.3 Å². The van der Waals surface area contributed by atoms with Crippen molar-refractivity contribution in [2.24, 2.45) is 12.0 Å². The lowest BCUT2D eigenvalue weighted by atomic mass is 10.2. The van der Waals surface area contributed by atoms with Gasteiger partial charge in [0.05, 0.1) is 22.4 Å². The Balaban J connectivity index is 2.08. The summed E-state index contributed by atoms with van der Waals surface area (Å²) >= 11 is 1.13. The van der Waals surface area contributed by atoms with Crippen molar-refractivity contribution in [1.82, 2.24) is 4.57 Å². The molecule has 0 atom stereocenters. The third kappa shape index (κ3) is 3.28. The van der Waals surface area contributed by atoms with Crippen LogP contribution in [0.4, 0.5) is 8.78 Å². The fraction of sp³-hybridized carbons (Fsp3) is 0.167. The van der Waals surface area contributed by atoms with E-state index < -0.39 is 29.1 Å². The van der Waals surface area contributed by atoms with Crippen molar-refractivity contribution in [3.05, 3.63) is 64.0 Å². The van der Waals surface area contributed by atoms with Gasteiger partial charge in [0.2, 0.25) is 0 Å². The van der Waals surface area contributed by atoms with E-state index in [4.69, 9.17) is 4.74 Å². The first-order chi connectivity index (χ1) is 12.4. The van der Waals surface area contributed by atoms with Crippen molar-refractivity contribution >= 4 is 33.4 Å². The Morgan fingerprint density at radius 1 is 1.19 bits per heavy atom. The molecule has 0 fully saturated rings. The molecule has 0 radical (unpaired) electrons. The number of carbonyl (C=O) groups is 2. The van der Waals surface area contributed by atoms with Gasteiger partial charge in [0.1, 0.15) is 17.2 Å². The molecule has 0 aliphatic rings. The van der Waals surface area contributed by atoms with Gasteiger partial charge in [-0.2, -0.15) is 4.99 Å². The number of aryl methyl sites for hydroxylation is 1. The standard InChI is InChI=1S/C18H14F2N2O3S/c1-3-25-17(24)10-7-8-13-14(9-10)26-18(22(13)2)21-16(23)15-11(19)5-4-6-12(15)20/h4-9H,3H2,1-2H3. The van der Waals surface area contributed by atoms with Crippen molar-refractivity contribution in [1.29, 1.82) is 0 Å². The van der Waals surface area contributed by atoms with Crippen LogP contribution >= 0.6 is 11.3 Å². The lowest BCUT2D eigenvalue weighted by Crippen LogP contribution is -2.14. The molecule has 0 aliphatic heterocycles. The highest BCUT2D eigenvalue weighted by Crippen LogP contribution is 2.19. The summed E-state index contributed by atoms with van der Waals surface area (Å²) in [5.41, 5.74) is 0.403. The lowest BCUT2D eigenvalue weighted by molar-refractivity contribution is 0.0526. The predicted molar refractivity (Wildman–Crippen MR) is 93.0 cm³/mol. The molecule has 1 aromatic heterocycles. The molecule has 1 amide bonds. The number of ether oxygens (including phenoxy) is 1. The molecule has 0 N–H and O–H groups in total. The molecule has 0 saturated carbocycles. The number of hydrogen-bond donors (Lipinski definition) is 0. The number of amides is 1. The monoisotopic (exact) mass is 376 g/mol. The first-order valence-electron chi connectivity index (χ1n) is 7.72. The van der Waals surface area contributed by atoms with Gasteiger partial charge in [-0.1, -0.05) is 17.4 Å². The Bertz CT molecular complexity index is 1070. The molecule has 134 valence electrons. The molecular formula is C18H14F2N2O3S. The van der Waals surface area contributed by atoms with Gasteiger partial charge in [-0.15, -0.1) is 0 Å². The maximum Gasteiger partial charge on any atom is 0.338 e. The number of esters is 1. The molecule has 3 aromatic rings. The number of thiazole rings is 1. The second-order valence-electron chi connectivity index (χ2n) is 5.36. The first kappa shape index (κ1) is 17.9. The van der Waals surface area contributed by atoms with Gasteiger partial charge in [0.15, 0.2) is 4.80 Å². The third-order valence-electron chi connectivity index (χ3n) is 3.69. The average Bonchev–Trinajstić information content (AvgIpc) is 2.90. The van der Waals surface area contributed by atoms with Gasteiger partial charge < -0.3 is 9.30 Å². The molecule has 1 heterocycles. The van der Waals surface area contributed by atoms with Crippen molar-refractivity contribution in [3.63, 3.8) is 0 Å². The summed E-state index contributed by atoms with van der Waals surface area (Å²) in [5, 5.41) is 0. The number of benzene rings is 2. The molecule has 8 heteroatoms. The van der Waals surface area contributed by atoms with Crippen LogP contribution in [0.25, 0.3) is 10.2 Å². The number of nitrogens with zero attached hydrogens (tertiary/aromatic N) is 2. The quantitative estimate of drug-likeness (QED) is 0.658. The van der Waals surface area contributed by atoms with Crippen molar-refractivity contribution in [2.45, 2.75) is 6.92 Å². The predicted octanol–water partition coefficient (Wildman–Crippen LogP) is 3.44. The second-order valence-corrected chi connectivity index (χ2v) is 6.37. The van der Waals surface area contributed by atoms with E-state index in [2.05, 4.69) is 4.99 Å². The molecular weight excluding hydrogens is 362 g/mol. The van der Waals surface area contributed by atoms with E-state index in [9.17, 15) is 18.4 Å². The Kier molecular flexibility index (Phi) is 4.94. The normalized spacial score (nSPS) is 11.8. The van der Waals surface area contributed by atoms with Gasteiger partial charge >= 0.3 is 5.97 Å². The number of fused-ring (bicyclic) bond motifs is 1. The van der Waals surface area contributed by atoms with Gasteiger partial charge in [-0.05, 0) is 37.3 Å². The Morgan fingerprint density at radius 2 is 1.88 bits per heavy atom. The number of halogens is 2. The van der Waals surface area contributed by atoms with Gasteiger partial charge in [-0.3, -0.25) is 4.79 Å². The minimum Gasteiger partial charge on any atom is -0.462 e. The van der Waals surface area contributed by atoms with Crippen molar-refractivity contribution < 1.29 is 23.1 Å². The van der Waals surface area contributed by atoms with Crippen LogP contribution in [-0.4, -0.2) is 23.1 Å². The average molecular weight is 376 g/mol. The Hall–Kier alpha value is -2.87. The Labute approximate surface area is 151 Å². The summed E-state index contributed by atoms with van der Waals surface area (Å²) in [6, 6.07) is 8.12. The van der Waals surface area contributed by atoms with Crippen molar-refractivity contribution in [2.75, 3.05) is 6.61 Å². The number of rotatable bonds is 3. The summed E-state index contributed by atoms with van der Waals surface area (Å²) in [6.07, 6.45) is 0. The summed E-state index contributed by atoms with van der Waals surface area (Å²) in [6.45, 7) is 1.98. The summed E-state index contributed by atoms with van der Waals surface area (Å²) in [7, 11) is 1.67. The SMILES string of the molecule is CCOC(=O)c1ccc2c(c1)sc(=NC(=O)c1c(F)cccc1F)n2C. The van der Waals surface area contributed by atoms with E-state index in [0.717, 1.165) is 29.0 Å². The van der Waals surface area contributed by atoms with Gasteiger partial charge in [0, 0.05) is 7.05 Å². The largest absolute Gasteiger partial charge is 0.462 e. The highest BCUT2D eigenvalue weighted by Gasteiger charge is 2.17. The van der Waals surface area contributed by atoms with Crippen LogP contribution in [0, 0.1) is 11.6 Å². The molecule has 0 aliphatic carbocycles. The van der Waals surface area contributed by atoms with Crippen molar-refractivity contribution in [3.8, 4) is 0 Å². The summed E-state index contributed by atoms with van der Waals surface area (Å²) in [4.78, 5) is 28.2. The van der Waals surface area contributed by atoms with E-state index in [1.165, 1.54) is 6.07 Å². The summed E-state index contributed by atoms with van der Waals surface area (Å²) in [5.74, 6) is -3.39. The molecule has 0 unspecified atom stereocenters. The third-order valence-corrected chi connectivity index (χ3v) is 4.79. The Morgan fingerprint density at radius 3 is 2.54 bits per heavy atom. The van der Waals surface area contributed by atoms with Gasteiger partial charge in [0.25, 0.3) is 5.91 Å². The zero-order chi connectivity index (χ0) is 18.8. The molecule has 26 heavy (non-hydrogen) atoms. The first-order valence-corrected chi connectivity index (χ1v) is 8.53. The minimum absolute atomic E-state index is 0.258. The minimum atomic E-state index is -1.01. The molecule has 0 saturated heterocycles. The highest BCUT2D eigenvalue weighted by molar-refractivity contribution is 7.16. The van der Waals surface area contributed by atoms with E-state index in [1.54, 1.807) is 36.7 Å². The van der Waals surface area contributed by atoms with Crippen LogP contribution in [0.15, 0.2) is 41.4 Å². The van der Waals surface area contributed by atoms with Crippen LogP contribution in [0.3, 0.4) is 0 Å². The van der Waals surface area contributed by atoms with Gasteiger partial charge in [-0.25, -0.2) is 13.6 Å². The fourth-order valence-corrected chi connectivity index (χ4v) is 3.48.